The minimum absolute atomic E-state index is 0.0300. The molecule has 0 saturated heterocycles. The second-order valence-electron chi connectivity index (χ2n) is 3.80. The predicted molar refractivity (Wildman–Crippen MR) is 64.4 cm³/mol. The zero-order valence-electron chi connectivity index (χ0n) is 9.64. The normalized spacial score (nSPS) is 14.9. The molecule has 0 radical (unpaired) electrons. The van der Waals surface area contributed by atoms with E-state index < -0.39 is 25.6 Å². The fourth-order valence-corrected chi connectivity index (χ4v) is 3.60. The maximum atomic E-state index is 11.3. The first-order valence-electron chi connectivity index (χ1n) is 5.07. The smallest absolute Gasteiger partial charge is 0.212 e. The Morgan fingerprint density at radius 3 is 2.19 bits per heavy atom. The highest BCUT2D eigenvalue weighted by Gasteiger charge is 2.14. The SMILES string of the molecule is CCC(N)CCNS(=O)(=O)CCS(C)(=O)=O. The number of hydrogen-bond donors (Lipinski definition) is 2. The van der Waals surface area contributed by atoms with Gasteiger partial charge >= 0.3 is 0 Å². The molecule has 0 aromatic rings. The summed E-state index contributed by atoms with van der Waals surface area (Å²) < 4.78 is 46.6. The molecule has 0 bridgehead atoms. The van der Waals surface area contributed by atoms with Crippen LogP contribution in [0.4, 0.5) is 0 Å². The van der Waals surface area contributed by atoms with Crippen molar-refractivity contribution in [3.63, 3.8) is 0 Å². The van der Waals surface area contributed by atoms with Crippen molar-refractivity contribution in [2.24, 2.45) is 5.73 Å². The molecule has 0 fully saturated rings. The van der Waals surface area contributed by atoms with Gasteiger partial charge in [0.2, 0.25) is 10.0 Å². The minimum atomic E-state index is -3.50. The quantitative estimate of drug-likeness (QED) is 0.594. The van der Waals surface area contributed by atoms with Gasteiger partial charge in [-0.15, -0.1) is 0 Å². The summed E-state index contributed by atoms with van der Waals surface area (Å²) in [6.45, 7) is 2.17. The lowest BCUT2D eigenvalue weighted by atomic mass is 10.2. The summed E-state index contributed by atoms with van der Waals surface area (Å²) in [5.41, 5.74) is 5.61. The molecule has 6 nitrogen and oxygen atoms in total. The van der Waals surface area contributed by atoms with Crippen molar-refractivity contribution in [1.82, 2.24) is 4.72 Å². The van der Waals surface area contributed by atoms with Crippen molar-refractivity contribution in [3.05, 3.63) is 0 Å². The number of nitrogens with one attached hydrogen (secondary N) is 1. The van der Waals surface area contributed by atoms with Crippen LogP contribution in [0.5, 0.6) is 0 Å². The monoisotopic (exact) mass is 272 g/mol. The first kappa shape index (κ1) is 15.8. The van der Waals surface area contributed by atoms with E-state index in [4.69, 9.17) is 5.73 Å². The van der Waals surface area contributed by atoms with Crippen LogP contribution >= 0.6 is 0 Å². The van der Waals surface area contributed by atoms with E-state index in [9.17, 15) is 16.8 Å². The van der Waals surface area contributed by atoms with Crippen LogP contribution in [0.15, 0.2) is 0 Å². The van der Waals surface area contributed by atoms with E-state index in [-0.39, 0.29) is 18.3 Å². The average Bonchev–Trinajstić information content (AvgIpc) is 2.13. The van der Waals surface area contributed by atoms with Gasteiger partial charge in [0.25, 0.3) is 0 Å². The fraction of sp³-hybridized carbons (Fsp3) is 1.00. The van der Waals surface area contributed by atoms with E-state index in [1.165, 1.54) is 0 Å². The van der Waals surface area contributed by atoms with Crippen molar-refractivity contribution in [3.8, 4) is 0 Å². The third-order valence-electron chi connectivity index (χ3n) is 2.08. The molecule has 0 aromatic heterocycles. The van der Waals surface area contributed by atoms with Gasteiger partial charge in [0.1, 0.15) is 9.84 Å². The third kappa shape index (κ3) is 9.08. The molecule has 0 aliphatic carbocycles. The molecule has 0 aliphatic rings. The van der Waals surface area contributed by atoms with Crippen LogP contribution in [0.3, 0.4) is 0 Å². The number of sulfonamides is 1. The number of sulfone groups is 1. The predicted octanol–water partition coefficient (Wildman–Crippen LogP) is -0.922. The molecular formula is C8H20N2O4S2. The zero-order valence-corrected chi connectivity index (χ0v) is 11.3. The van der Waals surface area contributed by atoms with Crippen LogP contribution in [-0.2, 0) is 19.9 Å². The van der Waals surface area contributed by atoms with Crippen LogP contribution in [0.25, 0.3) is 0 Å². The van der Waals surface area contributed by atoms with Gasteiger partial charge in [-0.3, -0.25) is 0 Å². The molecule has 0 saturated carbocycles. The molecule has 98 valence electrons. The van der Waals surface area contributed by atoms with Crippen LogP contribution in [0.1, 0.15) is 19.8 Å². The topological polar surface area (TPSA) is 106 Å². The number of nitrogens with two attached hydrogens (primary N) is 1. The summed E-state index contributed by atoms with van der Waals surface area (Å²) in [4.78, 5) is 0. The molecule has 0 heterocycles. The Balaban J connectivity index is 3.98. The summed E-state index contributed by atoms with van der Waals surface area (Å²) >= 11 is 0. The first-order valence-corrected chi connectivity index (χ1v) is 8.78. The van der Waals surface area contributed by atoms with E-state index in [1.807, 2.05) is 6.92 Å². The molecule has 16 heavy (non-hydrogen) atoms. The Morgan fingerprint density at radius 2 is 1.75 bits per heavy atom. The van der Waals surface area contributed by atoms with Crippen LogP contribution in [0, 0.1) is 0 Å². The second kappa shape index (κ2) is 6.53. The van der Waals surface area contributed by atoms with E-state index >= 15 is 0 Å². The Kier molecular flexibility index (Phi) is 6.46. The highest BCUT2D eigenvalue weighted by Crippen LogP contribution is 1.94. The van der Waals surface area contributed by atoms with Crippen molar-refractivity contribution in [2.45, 2.75) is 25.8 Å². The molecule has 1 unspecified atom stereocenters. The zero-order chi connectivity index (χ0) is 12.8. The van der Waals surface area contributed by atoms with Crippen LogP contribution in [0.2, 0.25) is 0 Å². The van der Waals surface area contributed by atoms with Crippen molar-refractivity contribution >= 4 is 19.9 Å². The number of hydrogen-bond acceptors (Lipinski definition) is 5. The fourth-order valence-electron chi connectivity index (χ4n) is 0.937. The Hall–Kier alpha value is -0.180. The molecule has 0 aromatic carbocycles. The third-order valence-corrected chi connectivity index (χ3v) is 4.67. The molecule has 1 atom stereocenters. The van der Waals surface area contributed by atoms with Crippen molar-refractivity contribution < 1.29 is 16.8 Å². The molecule has 3 N–H and O–H groups in total. The molecular weight excluding hydrogens is 252 g/mol. The summed E-state index contributed by atoms with van der Waals surface area (Å²) in [5, 5.41) is 0. The van der Waals surface area contributed by atoms with Gasteiger partial charge in [0, 0.05) is 18.8 Å². The Labute approximate surface area is 97.6 Å². The minimum Gasteiger partial charge on any atom is -0.328 e. The molecule has 0 spiro atoms. The van der Waals surface area contributed by atoms with E-state index in [2.05, 4.69) is 4.72 Å². The molecule has 0 aliphatic heterocycles. The van der Waals surface area contributed by atoms with E-state index in [1.54, 1.807) is 0 Å². The maximum Gasteiger partial charge on any atom is 0.212 e. The molecule has 0 rings (SSSR count). The summed E-state index contributed by atoms with van der Waals surface area (Å²) in [7, 11) is -6.75. The Morgan fingerprint density at radius 1 is 1.19 bits per heavy atom. The standard InChI is InChI=1S/C8H20N2O4S2/c1-3-8(9)4-5-10-16(13,14)7-6-15(2,11)12/h8,10H,3-7,9H2,1-2H3. The highest BCUT2D eigenvalue weighted by atomic mass is 32.2. The van der Waals surface area contributed by atoms with Gasteiger partial charge in [0.05, 0.1) is 11.5 Å². The lowest BCUT2D eigenvalue weighted by Crippen LogP contribution is -2.33. The van der Waals surface area contributed by atoms with Crippen LogP contribution in [-0.4, -0.2) is 47.2 Å². The largest absolute Gasteiger partial charge is 0.328 e. The van der Waals surface area contributed by atoms with Gasteiger partial charge in [-0.1, -0.05) is 6.92 Å². The Bertz CT molecular complexity index is 388. The van der Waals surface area contributed by atoms with E-state index in [0.29, 0.717) is 6.42 Å². The van der Waals surface area contributed by atoms with Crippen LogP contribution < -0.4 is 10.5 Å². The molecule has 0 amide bonds. The summed E-state index contributed by atoms with van der Waals surface area (Å²) in [5.74, 6) is -0.755. The average molecular weight is 272 g/mol. The van der Waals surface area contributed by atoms with Gasteiger partial charge in [0.15, 0.2) is 0 Å². The van der Waals surface area contributed by atoms with Crippen molar-refractivity contribution in [1.29, 1.82) is 0 Å². The van der Waals surface area contributed by atoms with Gasteiger partial charge in [-0.05, 0) is 12.8 Å². The molecule has 8 heteroatoms. The van der Waals surface area contributed by atoms with Gasteiger partial charge < -0.3 is 5.73 Å². The second-order valence-corrected chi connectivity index (χ2v) is 7.99. The summed E-state index contributed by atoms with van der Waals surface area (Å²) in [6, 6.07) is -0.0300. The maximum absolute atomic E-state index is 11.3. The van der Waals surface area contributed by atoms with Crippen molar-refractivity contribution in [2.75, 3.05) is 24.3 Å². The lowest BCUT2D eigenvalue weighted by molar-refractivity contribution is 0.557. The van der Waals surface area contributed by atoms with E-state index in [0.717, 1.165) is 12.7 Å². The van der Waals surface area contributed by atoms with Gasteiger partial charge in [-0.25, -0.2) is 21.6 Å². The highest BCUT2D eigenvalue weighted by molar-refractivity contribution is 7.93. The first-order chi connectivity index (χ1) is 7.16. The van der Waals surface area contributed by atoms with Gasteiger partial charge in [-0.2, -0.15) is 0 Å². The lowest BCUT2D eigenvalue weighted by Gasteiger charge is -2.09. The number of rotatable bonds is 8. The summed E-state index contributed by atoms with van der Waals surface area (Å²) in [6.07, 6.45) is 2.34.